The van der Waals surface area contributed by atoms with Crippen LogP contribution in [0.25, 0.3) is 40.5 Å². The first kappa shape index (κ1) is 36.9. The Morgan fingerprint density at radius 1 is 0.771 bits per heavy atom. The Morgan fingerprint density at radius 3 is 2.12 bits per heavy atom. The van der Waals surface area contributed by atoms with E-state index in [1.165, 1.54) is 95.7 Å². The molecule has 1 fully saturated rings. The Bertz CT molecular complexity index is 1870. The molecule has 1 saturated carbocycles. The van der Waals surface area contributed by atoms with Gasteiger partial charge in [0.05, 0.1) is 0 Å². The molecule has 0 unspecified atom stereocenters. The summed E-state index contributed by atoms with van der Waals surface area (Å²) < 4.78 is 0. The molecule has 3 aromatic rings. The molecule has 0 spiro atoms. The van der Waals surface area contributed by atoms with Gasteiger partial charge in [0.2, 0.25) is 0 Å². The van der Waals surface area contributed by atoms with Gasteiger partial charge < -0.3 is 0 Å². The molecule has 1 aliphatic carbocycles. The van der Waals surface area contributed by atoms with Crippen LogP contribution < -0.4 is 10.4 Å². The summed E-state index contributed by atoms with van der Waals surface area (Å²) in [5, 5.41) is 2.62. The Kier molecular flexibility index (Phi) is 13.5. The van der Waals surface area contributed by atoms with Crippen LogP contribution in [0.3, 0.4) is 0 Å². The SMILES string of the molecule is CC/C=c1/c(C)c(/C=C\C=C(/C)CC)cc/c1=C/C=C(\C)c1ccc(C2CC2)c(/C(C)=C(\C)c2ccccc2C(CCC)=C(C)CC)c1. The molecule has 3 aromatic carbocycles. The van der Waals surface area contributed by atoms with Gasteiger partial charge in [-0.1, -0.05) is 130 Å². The Morgan fingerprint density at radius 2 is 1.48 bits per heavy atom. The van der Waals surface area contributed by atoms with Crippen LogP contribution in [-0.4, -0.2) is 0 Å². The van der Waals surface area contributed by atoms with Crippen molar-refractivity contribution < 1.29 is 0 Å². The van der Waals surface area contributed by atoms with Gasteiger partial charge in [0.25, 0.3) is 0 Å². The average molecular weight is 637 g/mol. The maximum Gasteiger partial charge on any atom is -0.0149 e. The van der Waals surface area contributed by atoms with Crippen molar-refractivity contribution in [3.63, 3.8) is 0 Å². The number of allylic oxidation sites excluding steroid dienone is 9. The summed E-state index contributed by atoms with van der Waals surface area (Å²) in [6, 6.07) is 20.9. The van der Waals surface area contributed by atoms with Crippen LogP contribution >= 0.6 is 0 Å². The van der Waals surface area contributed by atoms with Crippen LogP contribution in [0.15, 0.2) is 84.0 Å². The molecule has 4 rings (SSSR count). The van der Waals surface area contributed by atoms with Crippen LogP contribution in [0.1, 0.15) is 152 Å². The first-order valence-corrected chi connectivity index (χ1v) is 18.6. The molecular weight excluding hydrogens is 577 g/mol. The highest BCUT2D eigenvalue weighted by molar-refractivity contribution is 5.94. The molecule has 0 bridgehead atoms. The summed E-state index contributed by atoms with van der Waals surface area (Å²) in [5.41, 5.74) is 18.2. The van der Waals surface area contributed by atoms with E-state index in [4.69, 9.17) is 0 Å². The van der Waals surface area contributed by atoms with Crippen LogP contribution in [-0.2, 0) is 0 Å². The van der Waals surface area contributed by atoms with Crippen molar-refractivity contribution in [2.24, 2.45) is 0 Å². The van der Waals surface area contributed by atoms with Gasteiger partial charge in [-0.15, -0.1) is 0 Å². The summed E-state index contributed by atoms with van der Waals surface area (Å²) in [7, 11) is 0. The summed E-state index contributed by atoms with van der Waals surface area (Å²) in [5.74, 6) is 0.685. The van der Waals surface area contributed by atoms with Crippen molar-refractivity contribution in [1.29, 1.82) is 0 Å². The van der Waals surface area contributed by atoms with E-state index in [-0.39, 0.29) is 0 Å². The molecule has 0 amide bonds. The Balaban J connectivity index is 1.79. The van der Waals surface area contributed by atoms with Gasteiger partial charge in [-0.25, -0.2) is 0 Å². The topological polar surface area (TPSA) is 0 Å². The normalized spacial score (nSPS) is 16.1. The smallest absolute Gasteiger partial charge is 0.0149 e. The van der Waals surface area contributed by atoms with Crippen LogP contribution in [0, 0.1) is 6.92 Å². The highest BCUT2D eigenvalue weighted by Gasteiger charge is 2.27. The van der Waals surface area contributed by atoms with E-state index in [9.17, 15) is 0 Å². The predicted molar refractivity (Wildman–Crippen MR) is 217 cm³/mol. The maximum absolute atomic E-state index is 2.47. The maximum atomic E-state index is 2.47. The molecule has 0 heterocycles. The minimum absolute atomic E-state index is 0.685. The number of hydrogen-bond donors (Lipinski definition) is 0. The van der Waals surface area contributed by atoms with Crippen LogP contribution in [0.5, 0.6) is 0 Å². The fraction of sp³-hybridized carbons (Fsp3) is 0.375. The molecular formula is C48H60. The lowest BCUT2D eigenvalue weighted by atomic mass is 9.85. The van der Waals surface area contributed by atoms with E-state index in [1.807, 2.05) is 0 Å². The highest BCUT2D eigenvalue weighted by Crippen LogP contribution is 2.45. The third kappa shape index (κ3) is 8.96. The number of benzene rings is 3. The third-order valence-corrected chi connectivity index (χ3v) is 10.4. The van der Waals surface area contributed by atoms with E-state index >= 15 is 0 Å². The van der Waals surface area contributed by atoms with E-state index in [0.29, 0.717) is 5.92 Å². The first-order valence-electron chi connectivity index (χ1n) is 18.6. The van der Waals surface area contributed by atoms with Crippen molar-refractivity contribution in [2.45, 2.75) is 120 Å². The van der Waals surface area contributed by atoms with Crippen molar-refractivity contribution in [3.8, 4) is 0 Å². The zero-order valence-electron chi connectivity index (χ0n) is 31.7. The molecule has 0 saturated heterocycles. The van der Waals surface area contributed by atoms with Crippen LogP contribution in [0.4, 0.5) is 0 Å². The molecule has 0 nitrogen and oxygen atoms in total. The van der Waals surface area contributed by atoms with Crippen molar-refractivity contribution >= 4 is 40.5 Å². The summed E-state index contributed by atoms with van der Waals surface area (Å²) >= 11 is 0. The van der Waals surface area contributed by atoms with Crippen molar-refractivity contribution in [2.75, 3.05) is 0 Å². The van der Waals surface area contributed by atoms with E-state index in [1.54, 1.807) is 0 Å². The monoisotopic (exact) mass is 636 g/mol. The second kappa shape index (κ2) is 17.5. The Hall–Kier alpha value is -3.90. The first-order chi connectivity index (χ1) is 23.1. The molecule has 0 atom stereocenters. The van der Waals surface area contributed by atoms with E-state index < -0.39 is 0 Å². The molecule has 0 aliphatic heterocycles. The molecule has 0 radical (unpaired) electrons. The quantitative estimate of drug-likeness (QED) is 0.129. The highest BCUT2D eigenvalue weighted by atomic mass is 14.3. The molecule has 48 heavy (non-hydrogen) atoms. The van der Waals surface area contributed by atoms with Gasteiger partial charge in [0.15, 0.2) is 0 Å². The predicted octanol–water partition coefficient (Wildman–Crippen LogP) is 13.3. The van der Waals surface area contributed by atoms with Gasteiger partial charge >= 0.3 is 0 Å². The van der Waals surface area contributed by atoms with Crippen molar-refractivity contribution in [3.05, 3.63) is 133 Å². The summed E-state index contributed by atoms with van der Waals surface area (Å²) in [6.07, 6.45) is 21.7. The largest absolute Gasteiger partial charge is 0.0766 e. The van der Waals surface area contributed by atoms with Gasteiger partial charge in [-0.3, -0.25) is 0 Å². The summed E-state index contributed by atoms with van der Waals surface area (Å²) in [4.78, 5) is 0. The fourth-order valence-electron chi connectivity index (χ4n) is 6.71. The van der Waals surface area contributed by atoms with Crippen molar-refractivity contribution in [1.82, 2.24) is 0 Å². The molecule has 252 valence electrons. The minimum atomic E-state index is 0.685. The standard InChI is InChI=1S/C48H60/c1-11-18-43(34(6)14-4)47-23-16-15-22-45(47)36(8)37(9)48-32-42(30-31-46(48)41-28-29-41)35(7)24-25-40-27-26-39(21-17-20-33(5)13-3)38(10)44(40)19-12-2/h15-17,19-27,30-32,41H,11-14,18,28-29H2,1-10H3/b21-17-,33-20+,35-24+,37-36+,40-25-,43-34?,44-19-. The number of hydrogen-bond acceptors (Lipinski definition) is 0. The van der Waals surface area contributed by atoms with Gasteiger partial charge in [0, 0.05) is 0 Å². The lowest BCUT2D eigenvalue weighted by molar-refractivity contribution is 0.951. The molecule has 0 heteroatoms. The lowest BCUT2D eigenvalue weighted by Crippen LogP contribution is -2.27. The zero-order chi connectivity index (χ0) is 34.8. The van der Waals surface area contributed by atoms with Gasteiger partial charge in [-0.2, -0.15) is 0 Å². The van der Waals surface area contributed by atoms with E-state index in [0.717, 1.165) is 32.1 Å². The molecule has 0 N–H and O–H groups in total. The average Bonchev–Trinajstić information content (AvgIpc) is 3.96. The van der Waals surface area contributed by atoms with Gasteiger partial charge in [-0.05, 0) is 164 Å². The minimum Gasteiger partial charge on any atom is -0.0766 e. The molecule has 1 aliphatic rings. The second-order valence-electron chi connectivity index (χ2n) is 13.9. The number of rotatable bonds is 13. The Labute approximate surface area is 293 Å². The zero-order valence-corrected chi connectivity index (χ0v) is 31.7. The van der Waals surface area contributed by atoms with Gasteiger partial charge in [0.1, 0.15) is 0 Å². The molecule has 0 aromatic heterocycles. The lowest BCUT2D eigenvalue weighted by Gasteiger charge is -2.20. The fourth-order valence-corrected chi connectivity index (χ4v) is 6.71. The second-order valence-corrected chi connectivity index (χ2v) is 13.9. The third-order valence-electron chi connectivity index (χ3n) is 10.4. The van der Waals surface area contributed by atoms with Crippen LogP contribution in [0.2, 0.25) is 0 Å². The summed E-state index contributed by atoms with van der Waals surface area (Å²) in [6.45, 7) is 22.7. The van der Waals surface area contributed by atoms with E-state index in [2.05, 4.69) is 160 Å².